The predicted octanol–water partition coefficient (Wildman–Crippen LogP) is 4.72. The molecule has 2 N–H and O–H groups in total. The molecule has 0 spiro atoms. The zero-order chi connectivity index (χ0) is 18.7. The molecule has 3 rings (SSSR count). The molecule has 0 saturated heterocycles. The van der Waals surface area contributed by atoms with E-state index in [0.717, 1.165) is 12.1 Å². The number of carbonyl (C=O) groups is 1. The number of halogens is 3. The number of hydrogen-bond donors (Lipinski definition) is 2. The second-order valence-corrected chi connectivity index (χ2v) is 6.32. The summed E-state index contributed by atoms with van der Waals surface area (Å²) in [7, 11) is 0. The minimum absolute atomic E-state index is 0.00846. The number of nitrogens with one attached hydrogen (secondary N) is 1. The Kier molecular flexibility index (Phi) is 4.94. The molecule has 0 fully saturated rings. The van der Waals surface area contributed by atoms with Gasteiger partial charge in [0, 0.05) is 10.9 Å². The minimum Gasteiger partial charge on any atom is -0.506 e. The van der Waals surface area contributed by atoms with Crippen molar-refractivity contribution in [1.82, 2.24) is 4.98 Å². The van der Waals surface area contributed by atoms with Crippen LogP contribution in [0.1, 0.15) is 11.3 Å². The fourth-order valence-electron chi connectivity index (χ4n) is 2.26. The molecule has 2 aromatic carbocycles. The number of aromatic nitrogens is 1. The number of phenolic OH excluding ortho intramolecular Hbond substituents is 1. The second-order valence-electron chi connectivity index (χ2n) is 5.46. The highest BCUT2D eigenvalue weighted by molar-refractivity contribution is 7.13. The zero-order valence-electron chi connectivity index (χ0n) is 13.2. The van der Waals surface area contributed by atoms with Crippen LogP contribution in [0.25, 0.3) is 10.6 Å². The molecule has 0 aliphatic carbocycles. The Labute approximate surface area is 151 Å². The monoisotopic (exact) mass is 378 g/mol. The Bertz CT molecular complexity index is 921. The first-order valence-electron chi connectivity index (χ1n) is 7.53. The van der Waals surface area contributed by atoms with E-state index in [9.17, 15) is 23.1 Å². The van der Waals surface area contributed by atoms with Crippen LogP contribution < -0.4 is 5.32 Å². The van der Waals surface area contributed by atoms with Crippen molar-refractivity contribution in [3.63, 3.8) is 0 Å². The SMILES string of the molecule is O=C(Cc1csc(-c2ccc(C(F)(F)F)cc2)n1)Nc1ccccc1O. The largest absolute Gasteiger partial charge is 0.506 e. The van der Waals surface area contributed by atoms with Crippen LogP contribution >= 0.6 is 11.3 Å². The predicted molar refractivity (Wildman–Crippen MR) is 93.0 cm³/mol. The lowest BCUT2D eigenvalue weighted by molar-refractivity contribution is -0.137. The maximum atomic E-state index is 12.6. The van der Waals surface area contributed by atoms with Crippen molar-refractivity contribution in [2.24, 2.45) is 0 Å². The van der Waals surface area contributed by atoms with Gasteiger partial charge in [0.05, 0.1) is 23.4 Å². The second kappa shape index (κ2) is 7.17. The normalized spacial score (nSPS) is 11.3. The molecule has 0 radical (unpaired) electrons. The first kappa shape index (κ1) is 17.9. The Morgan fingerprint density at radius 1 is 1.12 bits per heavy atom. The van der Waals surface area contributed by atoms with Crippen molar-refractivity contribution >= 4 is 22.9 Å². The minimum atomic E-state index is -4.38. The zero-order valence-corrected chi connectivity index (χ0v) is 14.1. The smallest absolute Gasteiger partial charge is 0.416 e. The van der Waals surface area contributed by atoms with Crippen molar-refractivity contribution in [2.45, 2.75) is 12.6 Å². The van der Waals surface area contributed by atoms with E-state index < -0.39 is 11.7 Å². The lowest BCUT2D eigenvalue weighted by atomic mass is 10.1. The Morgan fingerprint density at radius 3 is 2.46 bits per heavy atom. The van der Waals surface area contributed by atoms with Crippen molar-refractivity contribution in [2.75, 3.05) is 5.32 Å². The number of alkyl halides is 3. The Morgan fingerprint density at radius 2 is 1.81 bits per heavy atom. The van der Waals surface area contributed by atoms with Crippen LogP contribution in [-0.2, 0) is 17.4 Å². The van der Waals surface area contributed by atoms with Gasteiger partial charge in [0.15, 0.2) is 0 Å². The number of amides is 1. The molecule has 4 nitrogen and oxygen atoms in total. The van der Waals surface area contributed by atoms with E-state index in [1.54, 1.807) is 23.6 Å². The maximum Gasteiger partial charge on any atom is 0.416 e. The number of nitrogens with zero attached hydrogens (tertiary/aromatic N) is 1. The van der Waals surface area contributed by atoms with E-state index in [1.165, 1.54) is 29.5 Å². The van der Waals surface area contributed by atoms with E-state index in [1.807, 2.05) is 0 Å². The summed E-state index contributed by atoms with van der Waals surface area (Å²) in [5, 5.41) is 14.4. The molecule has 0 unspecified atom stereocenters. The van der Waals surface area contributed by atoms with Crippen LogP contribution in [0, 0.1) is 0 Å². The van der Waals surface area contributed by atoms with E-state index in [0.29, 0.717) is 22.0 Å². The number of phenols is 1. The average Bonchev–Trinajstić information content (AvgIpc) is 3.05. The molecule has 0 aliphatic heterocycles. The van der Waals surface area contributed by atoms with Crippen molar-refractivity contribution < 1.29 is 23.1 Å². The standard InChI is InChI=1S/C18H13F3N2O2S/c19-18(20,21)12-7-5-11(6-8-12)17-22-13(10-26-17)9-16(25)23-14-3-1-2-4-15(14)24/h1-8,10,24H,9H2,(H,23,25). The van der Waals surface area contributed by atoms with Gasteiger partial charge in [-0.05, 0) is 24.3 Å². The molecule has 1 aromatic heterocycles. The molecule has 0 saturated carbocycles. The summed E-state index contributed by atoms with van der Waals surface area (Å²) in [6.07, 6.45) is -4.39. The van der Waals surface area contributed by atoms with Gasteiger partial charge in [-0.1, -0.05) is 24.3 Å². The van der Waals surface area contributed by atoms with Crippen LogP contribution in [0.2, 0.25) is 0 Å². The lowest BCUT2D eigenvalue weighted by Gasteiger charge is -2.06. The lowest BCUT2D eigenvalue weighted by Crippen LogP contribution is -2.14. The first-order chi connectivity index (χ1) is 12.3. The quantitative estimate of drug-likeness (QED) is 0.646. The summed E-state index contributed by atoms with van der Waals surface area (Å²) in [4.78, 5) is 16.3. The maximum absolute atomic E-state index is 12.6. The molecule has 0 bridgehead atoms. The topological polar surface area (TPSA) is 62.2 Å². The number of carbonyl (C=O) groups excluding carboxylic acids is 1. The van der Waals surface area contributed by atoms with Crippen LogP contribution in [0.5, 0.6) is 5.75 Å². The molecule has 1 amide bonds. The highest BCUT2D eigenvalue weighted by atomic mass is 32.1. The fraction of sp³-hybridized carbons (Fsp3) is 0.111. The molecule has 3 aromatic rings. The van der Waals surface area contributed by atoms with Gasteiger partial charge in [0.25, 0.3) is 0 Å². The van der Waals surface area contributed by atoms with Gasteiger partial charge in [0.2, 0.25) is 5.91 Å². The molecule has 0 aliphatic rings. The molecular weight excluding hydrogens is 365 g/mol. The molecule has 134 valence electrons. The number of hydrogen-bond acceptors (Lipinski definition) is 4. The summed E-state index contributed by atoms with van der Waals surface area (Å²) in [6, 6.07) is 11.1. The van der Waals surface area contributed by atoms with E-state index in [-0.39, 0.29) is 18.1 Å². The third-order valence-corrected chi connectivity index (χ3v) is 4.47. The number of para-hydroxylation sites is 2. The van der Waals surface area contributed by atoms with E-state index >= 15 is 0 Å². The van der Waals surface area contributed by atoms with Gasteiger partial charge < -0.3 is 10.4 Å². The fourth-order valence-corrected chi connectivity index (χ4v) is 3.09. The third-order valence-electron chi connectivity index (χ3n) is 3.53. The molecule has 8 heteroatoms. The van der Waals surface area contributed by atoms with Crippen LogP contribution in [-0.4, -0.2) is 16.0 Å². The van der Waals surface area contributed by atoms with Gasteiger partial charge in [0.1, 0.15) is 10.8 Å². The highest BCUT2D eigenvalue weighted by Crippen LogP contribution is 2.32. The number of benzene rings is 2. The molecule has 1 heterocycles. The molecule has 0 atom stereocenters. The summed E-state index contributed by atoms with van der Waals surface area (Å²) < 4.78 is 37.8. The first-order valence-corrected chi connectivity index (χ1v) is 8.41. The van der Waals surface area contributed by atoms with Gasteiger partial charge in [-0.2, -0.15) is 13.2 Å². The summed E-state index contributed by atoms with van der Waals surface area (Å²) in [5.74, 6) is -0.389. The van der Waals surface area contributed by atoms with Crippen LogP contribution in [0.15, 0.2) is 53.9 Å². The Hall–Kier alpha value is -2.87. The summed E-state index contributed by atoms with van der Waals surface area (Å²) >= 11 is 1.25. The number of aromatic hydroxyl groups is 1. The van der Waals surface area contributed by atoms with E-state index in [4.69, 9.17) is 0 Å². The van der Waals surface area contributed by atoms with Crippen molar-refractivity contribution in [3.8, 4) is 16.3 Å². The number of anilines is 1. The van der Waals surface area contributed by atoms with Gasteiger partial charge in [-0.3, -0.25) is 4.79 Å². The number of thiazole rings is 1. The van der Waals surface area contributed by atoms with Gasteiger partial charge >= 0.3 is 6.18 Å². The average molecular weight is 378 g/mol. The van der Waals surface area contributed by atoms with E-state index in [2.05, 4.69) is 10.3 Å². The van der Waals surface area contributed by atoms with Crippen molar-refractivity contribution in [1.29, 1.82) is 0 Å². The highest BCUT2D eigenvalue weighted by Gasteiger charge is 2.30. The molecule has 26 heavy (non-hydrogen) atoms. The van der Waals surface area contributed by atoms with Crippen LogP contribution in [0.4, 0.5) is 18.9 Å². The van der Waals surface area contributed by atoms with Gasteiger partial charge in [-0.15, -0.1) is 11.3 Å². The van der Waals surface area contributed by atoms with Crippen LogP contribution in [0.3, 0.4) is 0 Å². The summed E-state index contributed by atoms with van der Waals surface area (Å²) in [6.45, 7) is 0. The Balaban J connectivity index is 1.68. The molecular formula is C18H13F3N2O2S. The number of rotatable bonds is 4. The summed E-state index contributed by atoms with van der Waals surface area (Å²) in [5.41, 5.74) is 0.629. The third kappa shape index (κ3) is 4.20. The van der Waals surface area contributed by atoms with Gasteiger partial charge in [-0.25, -0.2) is 4.98 Å². The van der Waals surface area contributed by atoms with Crippen molar-refractivity contribution in [3.05, 3.63) is 65.2 Å².